The smallest absolute Gasteiger partial charge is 0.119 e. The van der Waals surface area contributed by atoms with Crippen molar-refractivity contribution in [3.8, 4) is 0 Å². The highest BCUT2D eigenvalue weighted by Gasteiger charge is 2.18. The summed E-state index contributed by atoms with van der Waals surface area (Å²) in [7, 11) is -1.89. The molecule has 0 atom stereocenters. The average molecular weight is 410 g/mol. The first kappa shape index (κ1) is 27.0. The lowest BCUT2D eigenvalue weighted by molar-refractivity contribution is 0.218. The van der Waals surface area contributed by atoms with Crippen molar-refractivity contribution >= 4 is 14.3 Å². The van der Waals surface area contributed by atoms with Crippen molar-refractivity contribution in [2.75, 3.05) is 13.2 Å². The van der Waals surface area contributed by atoms with E-state index >= 15 is 0 Å². The van der Waals surface area contributed by atoms with E-state index in [-0.39, 0.29) is 0 Å². The van der Waals surface area contributed by atoms with Crippen LogP contribution in [0.5, 0.6) is 0 Å². The molecular formula is C24H42O3P+. The van der Waals surface area contributed by atoms with Gasteiger partial charge in [-0.3, -0.25) is 0 Å². The van der Waals surface area contributed by atoms with Crippen molar-refractivity contribution in [1.29, 1.82) is 0 Å². The summed E-state index contributed by atoms with van der Waals surface area (Å²) in [6, 6.07) is 10.0. The van der Waals surface area contributed by atoms with Gasteiger partial charge in [-0.1, -0.05) is 121 Å². The second kappa shape index (κ2) is 22.3. The van der Waals surface area contributed by atoms with Gasteiger partial charge < -0.3 is 0 Å². The number of hydrogen-bond donors (Lipinski definition) is 0. The van der Waals surface area contributed by atoms with E-state index in [0.717, 1.165) is 12.8 Å². The van der Waals surface area contributed by atoms with E-state index in [2.05, 4.69) is 20.4 Å². The maximum absolute atomic E-state index is 11.4. The summed E-state index contributed by atoms with van der Waals surface area (Å²) < 4.78 is 21.8. The minimum atomic E-state index is -1.89. The number of unbranched alkanes of at least 4 members (excludes halogenated alkanes) is 10. The number of hydrogen-bond acceptors (Lipinski definition) is 3. The van der Waals surface area contributed by atoms with Gasteiger partial charge >= 0.3 is 8.25 Å². The summed E-state index contributed by atoms with van der Waals surface area (Å²) in [5, 5.41) is 0. The molecule has 0 saturated heterocycles. The van der Waals surface area contributed by atoms with Crippen LogP contribution in [0.15, 0.2) is 36.9 Å². The van der Waals surface area contributed by atoms with Gasteiger partial charge in [-0.2, -0.15) is 0 Å². The fourth-order valence-electron chi connectivity index (χ4n) is 2.67. The van der Waals surface area contributed by atoms with Crippen LogP contribution in [0.25, 0.3) is 6.08 Å². The van der Waals surface area contributed by atoms with Crippen LogP contribution in [0.1, 0.15) is 96.5 Å². The van der Waals surface area contributed by atoms with Crippen molar-refractivity contribution < 1.29 is 13.6 Å². The monoisotopic (exact) mass is 409 g/mol. The van der Waals surface area contributed by atoms with Crippen molar-refractivity contribution in [2.45, 2.75) is 90.9 Å². The van der Waals surface area contributed by atoms with Gasteiger partial charge in [-0.15, -0.1) is 9.05 Å². The Morgan fingerprint density at radius 2 is 1.18 bits per heavy atom. The molecule has 0 aliphatic rings. The average Bonchev–Trinajstić information content (AvgIpc) is 2.73. The van der Waals surface area contributed by atoms with Gasteiger partial charge in [0.15, 0.2) is 0 Å². The molecule has 1 aromatic rings. The summed E-state index contributed by atoms with van der Waals surface area (Å²) in [5.74, 6) is 0. The zero-order chi connectivity index (χ0) is 20.7. The molecule has 0 unspecified atom stereocenters. The summed E-state index contributed by atoms with van der Waals surface area (Å²) in [6.45, 7) is 9.20. The molecule has 0 fully saturated rings. The third-order valence-corrected chi connectivity index (χ3v) is 5.21. The minimum absolute atomic E-state index is 0.567. The molecule has 0 radical (unpaired) electrons. The van der Waals surface area contributed by atoms with Crippen molar-refractivity contribution in [3.05, 3.63) is 42.5 Å². The second-order valence-electron chi connectivity index (χ2n) is 7.04. The number of benzene rings is 1. The standard InChI is InChI=1S/C16H34O3P.C8H8/c1-3-5-7-9-11-13-15-18-20(17)19-16-14-12-10-8-6-4-2;1-2-8-6-4-3-5-7-8/h3-16H2,1-2H3;2-7H,1H2/q+1;. The molecule has 160 valence electrons. The fraction of sp³-hybridized carbons (Fsp3) is 0.667. The topological polar surface area (TPSA) is 35.5 Å². The largest absolute Gasteiger partial charge is 0.697 e. The summed E-state index contributed by atoms with van der Waals surface area (Å²) in [4.78, 5) is 0. The lowest BCUT2D eigenvalue weighted by atomic mass is 10.1. The van der Waals surface area contributed by atoms with Crippen LogP contribution < -0.4 is 0 Å². The Morgan fingerprint density at radius 1 is 0.750 bits per heavy atom. The Labute approximate surface area is 174 Å². The highest BCUT2D eigenvalue weighted by atomic mass is 31.1. The van der Waals surface area contributed by atoms with Gasteiger partial charge in [0.2, 0.25) is 0 Å². The third-order valence-electron chi connectivity index (χ3n) is 4.42. The van der Waals surface area contributed by atoms with Gasteiger partial charge in [-0.25, -0.2) is 0 Å². The highest BCUT2D eigenvalue weighted by molar-refractivity contribution is 7.33. The predicted molar refractivity (Wildman–Crippen MR) is 123 cm³/mol. The minimum Gasteiger partial charge on any atom is -0.119 e. The molecule has 28 heavy (non-hydrogen) atoms. The van der Waals surface area contributed by atoms with E-state index in [4.69, 9.17) is 9.05 Å². The zero-order valence-corrected chi connectivity index (χ0v) is 19.1. The fourth-order valence-corrected chi connectivity index (χ4v) is 3.30. The van der Waals surface area contributed by atoms with Crippen LogP contribution >= 0.6 is 8.25 Å². The molecule has 4 heteroatoms. The van der Waals surface area contributed by atoms with Crippen molar-refractivity contribution in [2.24, 2.45) is 0 Å². The molecule has 0 spiro atoms. The SMILES string of the molecule is C=Cc1ccccc1.CCCCCCCCO[P+](=O)OCCCCCCCC. The van der Waals surface area contributed by atoms with Gasteiger partial charge in [0, 0.05) is 4.57 Å². The van der Waals surface area contributed by atoms with E-state index in [9.17, 15) is 4.57 Å². The molecule has 0 N–H and O–H groups in total. The Kier molecular flexibility index (Phi) is 21.5. The van der Waals surface area contributed by atoms with E-state index in [0.29, 0.717) is 13.2 Å². The quantitative estimate of drug-likeness (QED) is 0.191. The van der Waals surface area contributed by atoms with Gasteiger partial charge in [-0.05, 0) is 18.4 Å². The maximum Gasteiger partial charge on any atom is 0.697 e. The first-order chi connectivity index (χ1) is 13.7. The van der Waals surface area contributed by atoms with Crippen molar-refractivity contribution in [3.63, 3.8) is 0 Å². The Bertz CT molecular complexity index is 442. The molecule has 1 aromatic carbocycles. The first-order valence-electron chi connectivity index (χ1n) is 11.1. The molecule has 1 rings (SSSR count). The van der Waals surface area contributed by atoms with Gasteiger partial charge in [0.05, 0.1) is 0 Å². The van der Waals surface area contributed by atoms with Crippen LogP contribution in [0.2, 0.25) is 0 Å². The molecule has 3 nitrogen and oxygen atoms in total. The lowest BCUT2D eigenvalue weighted by Crippen LogP contribution is -1.92. The van der Waals surface area contributed by atoms with E-state index in [1.54, 1.807) is 0 Å². The molecule has 0 aromatic heterocycles. The second-order valence-corrected chi connectivity index (χ2v) is 8.00. The lowest BCUT2D eigenvalue weighted by Gasteiger charge is -1.98. The summed E-state index contributed by atoms with van der Waals surface area (Å²) >= 11 is 0. The molecule has 0 saturated carbocycles. The normalized spacial score (nSPS) is 10.2. The van der Waals surface area contributed by atoms with Crippen LogP contribution in [-0.2, 0) is 13.6 Å². The molecule has 0 aliphatic carbocycles. The van der Waals surface area contributed by atoms with Crippen molar-refractivity contribution in [1.82, 2.24) is 0 Å². The molecule has 0 heterocycles. The highest BCUT2D eigenvalue weighted by Crippen LogP contribution is 2.24. The van der Waals surface area contributed by atoms with E-state index in [1.807, 2.05) is 36.4 Å². The summed E-state index contributed by atoms with van der Waals surface area (Å²) in [5.41, 5.74) is 1.17. The first-order valence-corrected chi connectivity index (χ1v) is 12.2. The van der Waals surface area contributed by atoms with Crippen LogP contribution in [0.4, 0.5) is 0 Å². The molecular weight excluding hydrogens is 367 g/mol. The maximum atomic E-state index is 11.4. The van der Waals surface area contributed by atoms with Crippen LogP contribution in [0, 0.1) is 0 Å². The van der Waals surface area contributed by atoms with Crippen LogP contribution in [-0.4, -0.2) is 13.2 Å². The Morgan fingerprint density at radius 3 is 1.57 bits per heavy atom. The molecule has 0 bridgehead atoms. The molecule has 0 aliphatic heterocycles. The van der Waals surface area contributed by atoms with E-state index < -0.39 is 8.25 Å². The molecule has 0 amide bonds. The Balaban J connectivity index is 0.000000749. The van der Waals surface area contributed by atoms with Gasteiger partial charge in [0.1, 0.15) is 13.2 Å². The third kappa shape index (κ3) is 19.7. The van der Waals surface area contributed by atoms with E-state index in [1.165, 1.54) is 69.8 Å². The predicted octanol–water partition coefficient (Wildman–Crippen LogP) is 8.73. The van der Waals surface area contributed by atoms with Crippen LogP contribution in [0.3, 0.4) is 0 Å². The Hall–Kier alpha value is -1.02. The van der Waals surface area contributed by atoms with Gasteiger partial charge in [0.25, 0.3) is 0 Å². The zero-order valence-electron chi connectivity index (χ0n) is 18.2. The number of rotatable bonds is 17. The summed E-state index contributed by atoms with van der Waals surface area (Å²) in [6.07, 6.45) is 16.4.